The minimum Gasteiger partial charge on any atom is -0.349 e. The van der Waals surface area contributed by atoms with Crippen molar-refractivity contribution in [3.05, 3.63) is 0 Å². The number of carbonyl (C=O) groups excluding carboxylic acids is 2. The van der Waals surface area contributed by atoms with Gasteiger partial charge in [-0.1, -0.05) is 0 Å². The van der Waals surface area contributed by atoms with Crippen molar-refractivity contribution in [2.24, 2.45) is 17.6 Å². The molecule has 2 rings (SSSR count). The van der Waals surface area contributed by atoms with E-state index in [-0.39, 0.29) is 35.7 Å². The van der Waals surface area contributed by atoms with E-state index in [1.54, 1.807) is 11.9 Å². The minimum absolute atomic E-state index is 0. The molecule has 2 aliphatic rings. The van der Waals surface area contributed by atoms with Crippen molar-refractivity contribution in [1.82, 2.24) is 10.2 Å². The zero-order valence-corrected chi connectivity index (χ0v) is 12.5. The summed E-state index contributed by atoms with van der Waals surface area (Å²) in [5.74, 6) is 0.380. The predicted octanol–water partition coefficient (Wildman–Crippen LogP) is 0.520. The summed E-state index contributed by atoms with van der Waals surface area (Å²) < 4.78 is 0. The number of likely N-dealkylation sites (tertiary alicyclic amines) is 1. The molecule has 5 nitrogen and oxygen atoms in total. The zero-order valence-electron chi connectivity index (χ0n) is 11.6. The van der Waals surface area contributed by atoms with Crippen LogP contribution in [0.3, 0.4) is 0 Å². The smallest absolute Gasteiger partial charge is 0.224 e. The van der Waals surface area contributed by atoms with Gasteiger partial charge in [0, 0.05) is 32.5 Å². The highest BCUT2D eigenvalue weighted by molar-refractivity contribution is 5.87. The first-order valence-electron chi connectivity index (χ1n) is 6.72. The first-order valence-corrected chi connectivity index (χ1v) is 6.72. The van der Waals surface area contributed by atoms with Gasteiger partial charge >= 0.3 is 0 Å². The van der Waals surface area contributed by atoms with Crippen LogP contribution in [0.2, 0.25) is 0 Å². The second-order valence-electron chi connectivity index (χ2n) is 5.89. The summed E-state index contributed by atoms with van der Waals surface area (Å²) in [5.41, 5.74) is 5.50. The first-order chi connectivity index (χ1) is 8.46. The van der Waals surface area contributed by atoms with Crippen molar-refractivity contribution < 1.29 is 9.59 Å². The fourth-order valence-electron chi connectivity index (χ4n) is 2.59. The Morgan fingerprint density at radius 2 is 2.11 bits per heavy atom. The fourth-order valence-corrected chi connectivity index (χ4v) is 2.59. The van der Waals surface area contributed by atoms with Gasteiger partial charge in [0.2, 0.25) is 11.8 Å². The molecule has 1 aliphatic heterocycles. The van der Waals surface area contributed by atoms with Crippen molar-refractivity contribution >= 4 is 24.2 Å². The number of amides is 2. The van der Waals surface area contributed by atoms with E-state index in [0.29, 0.717) is 25.4 Å². The molecule has 0 aromatic carbocycles. The molecule has 0 radical (unpaired) electrons. The quantitative estimate of drug-likeness (QED) is 0.792. The Kier molecular flexibility index (Phi) is 5.21. The number of nitrogens with one attached hydrogen (secondary N) is 1. The second-order valence-corrected chi connectivity index (χ2v) is 5.89. The number of carbonyl (C=O) groups is 2. The van der Waals surface area contributed by atoms with E-state index < -0.39 is 0 Å². The molecule has 2 atom stereocenters. The molecule has 1 heterocycles. The van der Waals surface area contributed by atoms with Gasteiger partial charge in [-0.2, -0.15) is 0 Å². The van der Waals surface area contributed by atoms with E-state index in [9.17, 15) is 9.59 Å². The van der Waals surface area contributed by atoms with Gasteiger partial charge in [-0.15, -0.1) is 12.4 Å². The summed E-state index contributed by atoms with van der Waals surface area (Å²) in [4.78, 5) is 25.5. The molecule has 2 amide bonds. The molecule has 0 aromatic heterocycles. The summed E-state index contributed by atoms with van der Waals surface area (Å²) in [6.45, 7) is 3.14. The van der Waals surface area contributed by atoms with Gasteiger partial charge in [0.15, 0.2) is 0 Å². The molecule has 3 N–H and O–H groups in total. The van der Waals surface area contributed by atoms with Crippen molar-refractivity contribution in [3.8, 4) is 0 Å². The van der Waals surface area contributed by atoms with Crippen LogP contribution in [0, 0.1) is 11.8 Å². The van der Waals surface area contributed by atoms with Crippen LogP contribution in [-0.2, 0) is 9.59 Å². The van der Waals surface area contributed by atoms with Crippen LogP contribution in [0.4, 0.5) is 0 Å². The van der Waals surface area contributed by atoms with Crippen LogP contribution in [0.25, 0.3) is 0 Å². The Bertz CT molecular complexity index is 360. The molecule has 0 aromatic rings. The maximum Gasteiger partial charge on any atom is 0.224 e. The summed E-state index contributed by atoms with van der Waals surface area (Å²) in [5, 5.41) is 3.08. The lowest BCUT2D eigenvalue weighted by molar-refractivity contribution is -0.139. The Labute approximate surface area is 120 Å². The third-order valence-electron chi connectivity index (χ3n) is 4.34. The largest absolute Gasteiger partial charge is 0.349 e. The highest BCUT2D eigenvalue weighted by atomic mass is 35.5. The zero-order chi connectivity index (χ0) is 13.3. The van der Waals surface area contributed by atoms with E-state index >= 15 is 0 Å². The minimum atomic E-state index is -0.288. The number of piperidine rings is 1. The lowest BCUT2D eigenvalue weighted by Crippen LogP contribution is -2.55. The number of nitrogens with zero attached hydrogens (tertiary/aromatic N) is 1. The molecule has 1 aliphatic carbocycles. The van der Waals surface area contributed by atoms with E-state index in [4.69, 9.17) is 5.73 Å². The van der Waals surface area contributed by atoms with Gasteiger partial charge in [0.05, 0.1) is 5.54 Å². The molecule has 6 heteroatoms. The Hall–Kier alpha value is -0.810. The molecule has 0 spiro atoms. The molecule has 2 unspecified atom stereocenters. The average Bonchev–Trinajstić information content (AvgIpc) is 3.16. The SMILES string of the molecule is CN1CCC(C(=O)NC(C)(CN)C2CC2)CC1=O.Cl. The van der Waals surface area contributed by atoms with E-state index in [1.165, 1.54) is 0 Å². The molecule has 2 fully saturated rings. The van der Waals surface area contributed by atoms with Gasteiger partial charge in [0.25, 0.3) is 0 Å². The van der Waals surface area contributed by atoms with Gasteiger partial charge in [-0.3, -0.25) is 9.59 Å². The van der Waals surface area contributed by atoms with E-state index in [2.05, 4.69) is 5.32 Å². The summed E-state index contributed by atoms with van der Waals surface area (Å²) in [6.07, 6.45) is 3.35. The van der Waals surface area contributed by atoms with Crippen molar-refractivity contribution in [3.63, 3.8) is 0 Å². The third kappa shape index (κ3) is 3.60. The highest BCUT2D eigenvalue weighted by Crippen LogP contribution is 2.39. The Morgan fingerprint density at radius 3 is 2.58 bits per heavy atom. The van der Waals surface area contributed by atoms with Gasteiger partial charge in [-0.25, -0.2) is 0 Å². The van der Waals surface area contributed by atoms with Gasteiger partial charge in [-0.05, 0) is 32.1 Å². The topological polar surface area (TPSA) is 75.4 Å². The monoisotopic (exact) mass is 289 g/mol. The lowest BCUT2D eigenvalue weighted by Gasteiger charge is -2.34. The van der Waals surface area contributed by atoms with Crippen LogP contribution < -0.4 is 11.1 Å². The molecule has 0 bridgehead atoms. The molecular formula is C13H24ClN3O2. The molecule has 110 valence electrons. The summed E-state index contributed by atoms with van der Waals surface area (Å²) in [6, 6.07) is 0. The second kappa shape index (κ2) is 6.09. The predicted molar refractivity (Wildman–Crippen MR) is 75.9 cm³/mol. The number of halogens is 1. The number of hydrogen-bond acceptors (Lipinski definition) is 3. The van der Waals surface area contributed by atoms with Crippen molar-refractivity contribution in [2.45, 2.75) is 38.1 Å². The van der Waals surface area contributed by atoms with Crippen molar-refractivity contribution in [1.29, 1.82) is 0 Å². The standard InChI is InChI=1S/C13H23N3O2.ClH/c1-13(8-14,10-3-4-10)15-12(18)9-5-6-16(2)11(17)7-9;/h9-10H,3-8,14H2,1-2H3,(H,15,18);1H. The molecule has 1 saturated carbocycles. The maximum absolute atomic E-state index is 12.2. The normalized spacial score (nSPS) is 26.4. The van der Waals surface area contributed by atoms with Crippen molar-refractivity contribution in [2.75, 3.05) is 20.1 Å². The maximum atomic E-state index is 12.2. The first kappa shape index (κ1) is 16.2. The Morgan fingerprint density at radius 1 is 1.47 bits per heavy atom. The fraction of sp³-hybridized carbons (Fsp3) is 0.846. The number of rotatable bonds is 4. The van der Waals surface area contributed by atoms with Crippen LogP contribution in [0.15, 0.2) is 0 Å². The Balaban J connectivity index is 0.00000180. The van der Waals surface area contributed by atoms with Crippen LogP contribution in [0.5, 0.6) is 0 Å². The molecule has 1 saturated heterocycles. The third-order valence-corrected chi connectivity index (χ3v) is 4.34. The van der Waals surface area contributed by atoms with Gasteiger partial charge in [0.1, 0.15) is 0 Å². The lowest BCUT2D eigenvalue weighted by atomic mass is 9.91. The summed E-state index contributed by atoms with van der Waals surface area (Å²) in [7, 11) is 1.78. The molecule has 19 heavy (non-hydrogen) atoms. The highest BCUT2D eigenvalue weighted by Gasteiger charge is 2.42. The number of hydrogen-bond donors (Lipinski definition) is 2. The van der Waals surface area contributed by atoms with Crippen LogP contribution in [-0.4, -0.2) is 42.4 Å². The van der Waals surface area contributed by atoms with E-state index in [0.717, 1.165) is 19.3 Å². The van der Waals surface area contributed by atoms with Gasteiger partial charge < -0.3 is 16.0 Å². The number of nitrogens with two attached hydrogens (primary N) is 1. The van der Waals surface area contributed by atoms with Crippen LogP contribution in [0.1, 0.15) is 32.6 Å². The average molecular weight is 290 g/mol. The van der Waals surface area contributed by atoms with E-state index in [1.807, 2.05) is 6.92 Å². The molecular weight excluding hydrogens is 266 g/mol. The van der Waals surface area contributed by atoms with Crippen LogP contribution >= 0.6 is 12.4 Å². The summed E-state index contributed by atoms with van der Waals surface area (Å²) >= 11 is 0.